The molecule has 0 aliphatic rings. The molecule has 3 nitrogen and oxygen atoms in total. The van der Waals surface area contributed by atoms with E-state index in [1.807, 2.05) is 6.07 Å². The van der Waals surface area contributed by atoms with Gasteiger partial charge in [0.2, 0.25) is 0 Å². The number of nitrogens with one attached hydrogen (secondary N) is 1. The average Bonchev–Trinajstić information content (AvgIpc) is 2.50. The van der Waals surface area contributed by atoms with Crippen molar-refractivity contribution in [2.45, 2.75) is 0 Å². The second-order valence-electron chi connectivity index (χ2n) is 2.28. The maximum absolute atomic E-state index is 4.15. The normalized spacial score (nSPS) is 10.2. The molecule has 0 saturated heterocycles. The van der Waals surface area contributed by atoms with Gasteiger partial charge in [0.05, 0.1) is 11.7 Å². The predicted molar refractivity (Wildman–Crippen MR) is 44.0 cm³/mol. The van der Waals surface area contributed by atoms with Crippen molar-refractivity contribution in [2.75, 3.05) is 0 Å². The fourth-order valence-corrected chi connectivity index (χ4v) is 0.959. The highest BCUT2D eigenvalue weighted by molar-refractivity contribution is 5.75. The number of nitrogens with zero attached hydrogens (tertiary/aromatic N) is 2. The minimum atomic E-state index is 0.885. The molecule has 0 aliphatic carbocycles. The van der Waals surface area contributed by atoms with Gasteiger partial charge in [0.25, 0.3) is 0 Å². The van der Waals surface area contributed by atoms with Crippen LogP contribution in [0.2, 0.25) is 0 Å². The minimum Gasteiger partial charge on any atom is -0.276 e. The Morgan fingerprint density at radius 1 is 1.45 bits per heavy atom. The molecule has 2 aromatic heterocycles. The molecule has 11 heavy (non-hydrogen) atoms. The monoisotopic (exact) mass is 145 g/mol. The Labute approximate surface area is 63.8 Å². The van der Waals surface area contributed by atoms with Gasteiger partial charge in [0, 0.05) is 6.20 Å². The van der Waals surface area contributed by atoms with Crippen molar-refractivity contribution in [3.05, 3.63) is 30.6 Å². The lowest BCUT2D eigenvalue weighted by atomic mass is 10.2. The van der Waals surface area contributed by atoms with Gasteiger partial charge < -0.3 is 0 Å². The summed E-state index contributed by atoms with van der Waals surface area (Å²) in [5.41, 5.74) is 2.83. The summed E-state index contributed by atoms with van der Waals surface area (Å²) in [6.07, 6.45) is 5.22. The zero-order valence-electron chi connectivity index (χ0n) is 5.91. The Balaban J connectivity index is 2.76. The second kappa shape index (κ2) is 2.20. The Hall–Kier alpha value is -1.64. The van der Waals surface area contributed by atoms with Crippen molar-refractivity contribution in [1.82, 2.24) is 15.2 Å². The molecular weight excluding hydrogens is 138 g/mol. The highest BCUT2D eigenvalue weighted by Gasteiger charge is 1.95. The lowest BCUT2D eigenvalue weighted by Gasteiger charge is -1.90. The number of aromatic amines is 1. The smallest absolute Gasteiger partial charge is 0.108 e. The van der Waals surface area contributed by atoms with Crippen LogP contribution in [0.3, 0.4) is 0 Å². The van der Waals surface area contributed by atoms with Crippen molar-refractivity contribution in [3.8, 4) is 0 Å². The summed E-state index contributed by atoms with van der Waals surface area (Å²) < 4.78 is 0. The molecule has 0 unspecified atom stereocenters. The van der Waals surface area contributed by atoms with Gasteiger partial charge in [-0.05, 0) is 11.6 Å². The van der Waals surface area contributed by atoms with Crippen molar-refractivity contribution in [2.24, 2.45) is 0 Å². The molecule has 2 heterocycles. The van der Waals surface area contributed by atoms with Crippen LogP contribution in [0.5, 0.6) is 0 Å². The van der Waals surface area contributed by atoms with Gasteiger partial charge >= 0.3 is 0 Å². The van der Waals surface area contributed by atoms with E-state index in [1.54, 1.807) is 18.5 Å². The number of hydrogen-bond donors (Lipinski definition) is 1. The Morgan fingerprint density at radius 3 is 3.18 bits per heavy atom. The van der Waals surface area contributed by atoms with E-state index in [0.29, 0.717) is 0 Å². The van der Waals surface area contributed by atoms with Crippen LogP contribution in [-0.2, 0) is 0 Å². The van der Waals surface area contributed by atoms with Gasteiger partial charge in [-0.15, -0.1) is 0 Å². The summed E-state index contributed by atoms with van der Waals surface area (Å²) >= 11 is 0. The predicted octanol–water partition coefficient (Wildman–Crippen LogP) is 1.60. The molecule has 0 radical (unpaired) electrons. The van der Waals surface area contributed by atoms with E-state index in [9.17, 15) is 0 Å². The summed E-state index contributed by atoms with van der Waals surface area (Å²) in [5, 5.41) is 6.69. The van der Waals surface area contributed by atoms with Crippen molar-refractivity contribution >= 4 is 17.1 Å². The van der Waals surface area contributed by atoms with Gasteiger partial charge in [0.1, 0.15) is 5.52 Å². The summed E-state index contributed by atoms with van der Waals surface area (Å²) in [6.45, 7) is 3.65. The lowest BCUT2D eigenvalue weighted by Crippen LogP contribution is -1.76. The zero-order chi connectivity index (χ0) is 7.68. The van der Waals surface area contributed by atoms with Crippen LogP contribution >= 0.6 is 0 Å². The molecule has 0 fully saturated rings. The molecule has 3 heteroatoms. The first kappa shape index (κ1) is 6.09. The van der Waals surface area contributed by atoms with E-state index >= 15 is 0 Å². The number of fused-ring (bicyclic) bond motifs is 1. The highest BCUT2D eigenvalue weighted by Crippen LogP contribution is 2.09. The Bertz CT molecular complexity index is 389. The van der Waals surface area contributed by atoms with Gasteiger partial charge in [-0.3, -0.25) is 10.1 Å². The Kier molecular flexibility index (Phi) is 1.22. The molecule has 0 spiro atoms. The van der Waals surface area contributed by atoms with Gasteiger partial charge in [-0.25, -0.2) is 0 Å². The molecule has 2 rings (SSSR count). The topological polar surface area (TPSA) is 41.6 Å². The molecule has 1 N–H and O–H groups in total. The van der Waals surface area contributed by atoms with E-state index in [0.717, 1.165) is 16.6 Å². The van der Waals surface area contributed by atoms with E-state index in [2.05, 4.69) is 21.8 Å². The number of pyridine rings is 1. The molecule has 0 saturated carbocycles. The van der Waals surface area contributed by atoms with Crippen LogP contribution in [0, 0.1) is 0 Å². The SMILES string of the molecule is C=Cc1cnc2cn[nH]c2c1. The van der Waals surface area contributed by atoms with Crippen LogP contribution in [-0.4, -0.2) is 15.2 Å². The quantitative estimate of drug-likeness (QED) is 0.662. The third-order valence-electron chi connectivity index (χ3n) is 1.55. The summed E-state index contributed by atoms with van der Waals surface area (Å²) in [6, 6.07) is 1.96. The summed E-state index contributed by atoms with van der Waals surface area (Å²) in [5.74, 6) is 0. The molecular formula is C8H7N3. The van der Waals surface area contributed by atoms with Gasteiger partial charge in [-0.2, -0.15) is 5.10 Å². The molecule has 54 valence electrons. The molecule has 0 aromatic carbocycles. The van der Waals surface area contributed by atoms with E-state index in [-0.39, 0.29) is 0 Å². The van der Waals surface area contributed by atoms with Crippen LogP contribution in [0.1, 0.15) is 5.56 Å². The van der Waals surface area contributed by atoms with Crippen LogP contribution in [0.15, 0.2) is 25.0 Å². The number of H-pyrrole nitrogens is 1. The second-order valence-corrected chi connectivity index (χ2v) is 2.28. The molecule has 0 aliphatic heterocycles. The molecule has 2 aromatic rings. The maximum atomic E-state index is 4.15. The minimum absolute atomic E-state index is 0.885. The van der Waals surface area contributed by atoms with Gasteiger partial charge in [0.15, 0.2) is 0 Å². The van der Waals surface area contributed by atoms with Crippen LogP contribution < -0.4 is 0 Å². The zero-order valence-corrected chi connectivity index (χ0v) is 5.91. The standard InChI is InChI=1S/C8H7N3/c1-2-6-3-7-8(9-4-6)5-10-11-7/h2-5H,1H2,(H,10,11). The first-order valence-corrected chi connectivity index (χ1v) is 3.32. The van der Waals surface area contributed by atoms with E-state index in [1.165, 1.54) is 0 Å². The Morgan fingerprint density at radius 2 is 2.36 bits per heavy atom. The van der Waals surface area contributed by atoms with Crippen molar-refractivity contribution < 1.29 is 0 Å². The van der Waals surface area contributed by atoms with Crippen LogP contribution in [0.4, 0.5) is 0 Å². The van der Waals surface area contributed by atoms with E-state index < -0.39 is 0 Å². The fraction of sp³-hybridized carbons (Fsp3) is 0. The number of aromatic nitrogens is 3. The number of rotatable bonds is 1. The highest BCUT2D eigenvalue weighted by atomic mass is 15.1. The fourth-order valence-electron chi connectivity index (χ4n) is 0.959. The maximum Gasteiger partial charge on any atom is 0.108 e. The van der Waals surface area contributed by atoms with Crippen LogP contribution in [0.25, 0.3) is 17.1 Å². The van der Waals surface area contributed by atoms with Crippen molar-refractivity contribution in [3.63, 3.8) is 0 Å². The van der Waals surface area contributed by atoms with Crippen molar-refractivity contribution in [1.29, 1.82) is 0 Å². The average molecular weight is 145 g/mol. The third kappa shape index (κ3) is 0.902. The lowest BCUT2D eigenvalue weighted by molar-refractivity contribution is 1.12. The summed E-state index contributed by atoms with van der Waals surface area (Å²) in [4.78, 5) is 4.15. The van der Waals surface area contributed by atoms with Gasteiger partial charge in [-0.1, -0.05) is 12.7 Å². The number of hydrogen-bond acceptors (Lipinski definition) is 2. The van der Waals surface area contributed by atoms with E-state index in [4.69, 9.17) is 0 Å². The molecule has 0 atom stereocenters. The first-order chi connectivity index (χ1) is 5.40. The third-order valence-corrected chi connectivity index (χ3v) is 1.55. The summed E-state index contributed by atoms with van der Waals surface area (Å²) in [7, 11) is 0. The molecule has 0 bridgehead atoms. The first-order valence-electron chi connectivity index (χ1n) is 3.32. The largest absolute Gasteiger partial charge is 0.276 e. The molecule has 0 amide bonds.